The first-order valence-electron chi connectivity index (χ1n) is 5.46. The number of benzene rings is 2. The summed E-state index contributed by atoms with van der Waals surface area (Å²) >= 11 is 0. The van der Waals surface area contributed by atoms with Crippen molar-refractivity contribution in [1.29, 1.82) is 0 Å². The van der Waals surface area contributed by atoms with Crippen LogP contribution in [0.5, 0.6) is 0 Å². The normalized spacial score (nSPS) is 10.3. The van der Waals surface area contributed by atoms with Gasteiger partial charge in [-0.05, 0) is 42.7 Å². The molecular formula is C15H13FO. The maximum atomic E-state index is 13.2. The van der Waals surface area contributed by atoms with Crippen molar-refractivity contribution in [2.45, 2.75) is 13.8 Å². The van der Waals surface area contributed by atoms with Crippen molar-refractivity contribution in [1.82, 2.24) is 0 Å². The molecule has 86 valence electrons. The van der Waals surface area contributed by atoms with Crippen LogP contribution in [0.15, 0.2) is 42.5 Å². The van der Waals surface area contributed by atoms with E-state index in [4.69, 9.17) is 0 Å². The van der Waals surface area contributed by atoms with E-state index in [-0.39, 0.29) is 11.6 Å². The molecule has 0 aliphatic carbocycles. The minimum Gasteiger partial charge on any atom is -0.294 e. The Kier molecular flexibility index (Phi) is 3.05. The van der Waals surface area contributed by atoms with Crippen molar-refractivity contribution in [3.8, 4) is 11.1 Å². The third-order valence-corrected chi connectivity index (χ3v) is 2.78. The van der Waals surface area contributed by atoms with Gasteiger partial charge in [0.1, 0.15) is 5.82 Å². The highest BCUT2D eigenvalue weighted by molar-refractivity contribution is 6.00. The smallest absolute Gasteiger partial charge is 0.160 e. The van der Waals surface area contributed by atoms with Crippen molar-refractivity contribution >= 4 is 5.78 Å². The van der Waals surface area contributed by atoms with Gasteiger partial charge in [-0.25, -0.2) is 4.39 Å². The van der Waals surface area contributed by atoms with Gasteiger partial charge in [0.05, 0.1) is 0 Å². The summed E-state index contributed by atoms with van der Waals surface area (Å²) < 4.78 is 13.2. The average molecular weight is 228 g/mol. The molecule has 0 aliphatic heterocycles. The summed E-state index contributed by atoms with van der Waals surface area (Å²) in [4.78, 5) is 11.5. The second-order valence-corrected chi connectivity index (χ2v) is 4.07. The number of ketones is 1. The lowest BCUT2D eigenvalue weighted by Gasteiger charge is -2.08. The van der Waals surface area contributed by atoms with Gasteiger partial charge in [-0.3, -0.25) is 4.79 Å². The van der Waals surface area contributed by atoms with Crippen molar-refractivity contribution in [3.05, 3.63) is 59.4 Å². The predicted molar refractivity (Wildman–Crippen MR) is 66.6 cm³/mol. The highest BCUT2D eigenvalue weighted by Crippen LogP contribution is 2.25. The zero-order valence-electron chi connectivity index (χ0n) is 9.83. The Labute approximate surface area is 99.9 Å². The van der Waals surface area contributed by atoms with Crippen LogP contribution in [0.25, 0.3) is 11.1 Å². The zero-order valence-corrected chi connectivity index (χ0v) is 9.83. The van der Waals surface area contributed by atoms with Crippen LogP contribution >= 0.6 is 0 Å². The van der Waals surface area contributed by atoms with Crippen molar-refractivity contribution in [2.24, 2.45) is 0 Å². The van der Waals surface area contributed by atoms with Crippen LogP contribution in [0.2, 0.25) is 0 Å². The van der Waals surface area contributed by atoms with Gasteiger partial charge in [0.15, 0.2) is 5.78 Å². The number of halogens is 1. The lowest BCUT2D eigenvalue weighted by Crippen LogP contribution is -1.96. The fraction of sp³-hybridized carbons (Fsp3) is 0.133. The van der Waals surface area contributed by atoms with E-state index in [2.05, 4.69) is 0 Å². The molecule has 17 heavy (non-hydrogen) atoms. The Morgan fingerprint density at radius 1 is 1.12 bits per heavy atom. The van der Waals surface area contributed by atoms with Crippen LogP contribution < -0.4 is 0 Å². The van der Waals surface area contributed by atoms with Crippen LogP contribution in [-0.2, 0) is 0 Å². The van der Waals surface area contributed by atoms with Crippen LogP contribution in [-0.4, -0.2) is 5.78 Å². The predicted octanol–water partition coefficient (Wildman–Crippen LogP) is 4.00. The minimum atomic E-state index is -0.228. The summed E-state index contributed by atoms with van der Waals surface area (Å²) in [5.41, 5.74) is 2.97. The van der Waals surface area contributed by atoms with Crippen LogP contribution in [0, 0.1) is 12.7 Å². The molecule has 1 nitrogen and oxygen atoms in total. The quantitative estimate of drug-likeness (QED) is 0.710. The highest BCUT2D eigenvalue weighted by atomic mass is 19.1. The number of carbonyl (C=O) groups is 1. The van der Waals surface area contributed by atoms with Gasteiger partial charge >= 0.3 is 0 Å². The molecule has 0 unspecified atom stereocenters. The molecule has 0 atom stereocenters. The van der Waals surface area contributed by atoms with E-state index in [1.165, 1.54) is 13.0 Å². The molecule has 0 bridgehead atoms. The molecule has 0 spiro atoms. The fourth-order valence-electron chi connectivity index (χ4n) is 1.85. The minimum absolute atomic E-state index is 0.0163. The Balaban J connectivity index is 2.60. The first-order valence-corrected chi connectivity index (χ1v) is 5.46. The Morgan fingerprint density at radius 3 is 2.47 bits per heavy atom. The van der Waals surface area contributed by atoms with E-state index >= 15 is 0 Å². The molecule has 0 aliphatic rings. The second kappa shape index (κ2) is 4.50. The van der Waals surface area contributed by atoms with E-state index < -0.39 is 0 Å². The number of carbonyl (C=O) groups excluding carboxylic acids is 1. The average Bonchev–Trinajstić information content (AvgIpc) is 2.32. The Hall–Kier alpha value is -1.96. The first kappa shape index (κ1) is 11.5. The molecule has 0 amide bonds. The van der Waals surface area contributed by atoms with Crippen molar-refractivity contribution in [2.75, 3.05) is 0 Å². The molecule has 0 saturated heterocycles. The summed E-state index contributed by atoms with van der Waals surface area (Å²) in [5, 5.41) is 0. The van der Waals surface area contributed by atoms with Gasteiger partial charge in [-0.15, -0.1) is 0 Å². The number of rotatable bonds is 2. The van der Waals surface area contributed by atoms with Crippen LogP contribution in [0.3, 0.4) is 0 Å². The number of hydrogen-bond acceptors (Lipinski definition) is 1. The van der Waals surface area contributed by atoms with Crippen LogP contribution in [0.1, 0.15) is 22.8 Å². The SMILES string of the molecule is CC(=O)c1ccccc1-c1ccc(F)c(C)c1. The molecule has 0 heterocycles. The molecule has 0 fully saturated rings. The van der Waals surface area contributed by atoms with Gasteiger partial charge in [-0.1, -0.05) is 30.3 Å². The fourth-order valence-corrected chi connectivity index (χ4v) is 1.85. The number of Topliss-reactive ketones (excluding diaryl/α,β-unsaturated/α-hetero) is 1. The highest BCUT2D eigenvalue weighted by Gasteiger charge is 2.09. The van der Waals surface area contributed by atoms with Crippen molar-refractivity contribution < 1.29 is 9.18 Å². The molecule has 2 aromatic rings. The molecule has 2 aromatic carbocycles. The summed E-state index contributed by atoms with van der Waals surface area (Å²) in [6, 6.07) is 12.3. The van der Waals surface area contributed by atoms with Gasteiger partial charge in [-0.2, -0.15) is 0 Å². The van der Waals surface area contributed by atoms with Gasteiger partial charge < -0.3 is 0 Å². The zero-order chi connectivity index (χ0) is 12.4. The van der Waals surface area contributed by atoms with Gasteiger partial charge in [0, 0.05) is 5.56 Å². The third kappa shape index (κ3) is 2.26. The van der Waals surface area contributed by atoms with E-state index in [0.29, 0.717) is 11.1 Å². The molecule has 2 rings (SSSR count). The Bertz CT molecular complexity index is 573. The summed E-state index contributed by atoms with van der Waals surface area (Å²) in [6.07, 6.45) is 0. The lowest BCUT2D eigenvalue weighted by molar-refractivity contribution is 0.101. The van der Waals surface area contributed by atoms with Gasteiger partial charge in [0.25, 0.3) is 0 Å². The maximum Gasteiger partial charge on any atom is 0.160 e. The van der Waals surface area contributed by atoms with Gasteiger partial charge in [0.2, 0.25) is 0 Å². The van der Waals surface area contributed by atoms with E-state index in [9.17, 15) is 9.18 Å². The number of hydrogen-bond donors (Lipinski definition) is 0. The molecule has 0 aromatic heterocycles. The first-order chi connectivity index (χ1) is 8.09. The van der Waals surface area contributed by atoms with E-state index in [0.717, 1.165) is 11.1 Å². The summed E-state index contributed by atoms with van der Waals surface area (Å²) in [5.74, 6) is -0.211. The largest absolute Gasteiger partial charge is 0.294 e. The molecular weight excluding hydrogens is 215 g/mol. The standard InChI is InChI=1S/C15H13FO/c1-10-9-12(7-8-15(10)16)14-6-4-3-5-13(14)11(2)17/h3-9H,1-2H3. The second-order valence-electron chi connectivity index (χ2n) is 4.07. The number of aryl methyl sites for hydroxylation is 1. The Morgan fingerprint density at radius 2 is 1.82 bits per heavy atom. The maximum absolute atomic E-state index is 13.2. The van der Waals surface area contributed by atoms with E-state index in [1.807, 2.05) is 18.2 Å². The lowest BCUT2D eigenvalue weighted by atomic mass is 9.96. The van der Waals surface area contributed by atoms with Crippen LogP contribution in [0.4, 0.5) is 4.39 Å². The monoisotopic (exact) mass is 228 g/mol. The summed E-state index contributed by atoms with van der Waals surface area (Å²) in [6.45, 7) is 3.25. The third-order valence-electron chi connectivity index (χ3n) is 2.78. The molecule has 2 heteroatoms. The molecule has 0 saturated carbocycles. The van der Waals surface area contributed by atoms with E-state index in [1.54, 1.807) is 25.1 Å². The van der Waals surface area contributed by atoms with Crippen molar-refractivity contribution in [3.63, 3.8) is 0 Å². The topological polar surface area (TPSA) is 17.1 Å². The molecule has 0 radical (unpaired) electrons. The molecule has 0 N–H and O–H groups in total. The summed E-state index contributed by atoms with van der Waals surface area (Å²) in [7, 11) is 0.